The monoisotopic (exact) mass is 334 g/mol. The predicted molar refractivity (Wildman–Crippen MR) is 91.4 cm³/mol. The van der Waals surface area contributed by atoms with Gasteiger partial charge >= 0.3 is 0 Å². The summed E-state index contributed by atoms with van der Waals surface area (Å²) in [6.45, 7) is 8.33. The Hall–Kier alpha value is -1.43. The molecule has 0 radical (unpaired) electrons. The van der Waals surface area contributed by atoms with Crippen LogP contribution in [0.25, 0.3) is 0 Å². The minimum Gasteiger partial charge on any atom is -0.337 e. The fraction of sp³-hybridized carbons (Fsp3) is 0.833. The first-order valence-corrected chi connectivity index (χ1v) is 9.49. The summed E-state index contributed by atoms with van der Waals surface area (Å²) in [7, 11) is 0. The van der Waals surface area contributed by atoms with Crippen LogP contribution in [0, 0.1) is 12.8 Å². The Balaban J connectivity index is 1.57. The fourth-order valence-electron chi connectivity index (χ4n) is 4.03. The molecular formula is C18H30N4O2. The van der Waals surface area contributed by atoms with Crippen LogP contribution < -0.4 is 0 Å². The lowest BCUT2D eigenvalue weighted by Gasteiger charge is -2.36. The van der Waals surface area contributed by atoms with Gasteiger partial charge < -0.3 is 14.3 Å². The molecule has 0 aromatic carbocycles. The first-order valence-electron chi connectivity index (χ1n) is 9.49. The number of rotatable bonds is 5. The van der Waals surface area contributed by atoms with Crippen molar-refractivity contribution in [2.24, 2.45) is 5.92 Å². The molecule has 0 bridgehead atoms. The van der Waals surface area contributed by atoms with Gasteiger partial charge in [-0.2, -0.15) is 4.98 Å². The van der Waals surface area contributed by atoms with E-state index in [-0.39, 0.29) is 11.9 Å². The second kappa shape index (κ2) is 8.10. The van der Waals surface area contributed by atoms with E-state index in [0.717, 1.165) is 51.7 Å². The van der Waals surface area contributed by atoms with Crippen LogP contribution in [0.3, 0.4) is 0 Å². The third-order valence-electron chi connectivity index (χ3n) is 5.36. The normalized spacial score (nSPS) is 23.6. The van der Waals surface area contributed by atoms with Crippen LogP contribution in [-0.2, 0) is 4.79 Å². The largest absolute Gasteiger partial charge is 0.337 e. The van der Waals surface area contributed by atoms with Crippen LogP contribution in [0.5, 0.6) is 0 Å². The summed E-state index contributed by atoms with van der Waals surface area (Å²) in [6, 6.07) is -0.0207. The van der Waals surface area contributed by atoms with Gasteiger partial charge in [-0.25, -0.2) is 0 Å². The van der Waals surface area contributed by atoms with Crippen LogP contribution in [-0.4, -0.2) is 52.0 Å². The zero-order valence-corrected chi connectivity index (χ0v) is 15.0. The molecule has 1 atom stereocenters. The number of amides is 1. The van der Waals surface area contributed by atoms with E-state index >= 15 is 0 Å². The van der Waals surface area contributed by atoms with Crippen LogP contribution in [0.2, 0.25) is 0 Å². The topological polar surface area (TPSA) is 62.5 Å². The van der Waals surface area contributed by atoms with Crippen molar-refractivity contribution in [3.63, 3.8) is 0 Å². The molecule has 3 rings (SSSR count). The summed E-state index contributed by atoms with van der Waals surface area (Å²) in [4.78, 5) is 21.8. The zero-order valence-electron chi connectivity index (χ0n) is 15.0. The Labute approximate surface area is 144 Å². The van der Waals surface area contributed by atoms with Gasteiger partial charge in [-0.3, -0.25) is 4.79 Å². The van der Waals surface area contributed by atoms with E-state index in [4.69, 9.17) is 4.52 Å². The van der Waals surface area contributed by atoms with Gasteiger partial charge in [-0.05, 0) is 71.0 Å². The minimum absolute atomic E-state index is 0.0207. The van der Waals surface area contributed by atoms with Crippen molar-refractivity contribution in [1.29, 1.82) is 0 Å². The number of nitrogens with zero attached hydrogens (tertiary/aromatic N) is 4. The van der Waals surface area contributed by atoms with Crippen LogP contribution in [0.15, 0.2) is 4.52 Å². The van der Waals surface area contributed by atoms with Crippen molar-refractivity contribution in [1.82, 2.24) is 19.9 Å². The second-order valence-electron chi connectivity index (χ2n) is 7.27. The van der Waals surface area contributed by atoms with Gasteiger partial charge in [-0.1, -0.05) is 12.1 Å². The van der Waals surface area contributed by atoms with E-state index in [9.17, 15) is 4.79 Å². The van der Waals surface area contributed by atoms with Crippen molar-refractivity contribution < 1.29 is 9.32 Å². The Morgan fingerprint density at radius 2 is 2.00 bits per heavy atom. The second-order valence-corrected chi connectivity index (χ2v) is 7.27. The summed E-state index contributed by atoms with van der Waals surface area (Å²) in [5.41, 5.74) is 0. The molecule has 0 N–H and O–H groups in total. The molecule has 0 aliphatic carbocycles. The smallest absolute Gasteiger partial charge is 0.249 e. The van der Waals surface area contributed by atoms with E-state index in [1.165, 1.54) is 13.0 Å². The molecule has 2 saturated heterocycles. The molecule has 0 unspecified atom stereocenters. The maximum absolute atomic E-state index is 12.9. The maximum Gasteiger partial charge on any atom is 0.249 e. The number of carbonyl (C=O) groups excluding carboxylic acids is 1. The number of aryl methyl sites for hydroxylation is 1. The van der Waals surface area contributed by atoms with E-state index in [0.29, 0.717) is 24.1 Å². The van der Waals surface area contributed by atoms with Gasteiger partial charge in [0.05, 0.1) is 0 Å². The number of hydrogen-bond acceptors (Lipinski definition) is 5. The van der Waals surface area contributed by atoms with Crippen molar-refractivity contribution in [3.05, 3.63) is 11.7 Å². The molecule has 2 aliphatic rings. The number of piperidine rings is 2. The standard InChI is InChI=1S/C18H30N4O2/c1-3-9-21-11-7-15(8-12-21)13-17(23)22-10-5-4-6-16(22)18-19-14(2)20-24-18/h15-16H,3-13H2,1-2H3/t16-/m1/s1. The molecule has 1 aromatic rings. The average molecular weight is 334 g/mol. The summed E-state index contributed by atoms with van der Waals surface area (Å²) in [6.07, 6.45) is 7.29. The molecule has 24 heavy (non-hydrogen) atoms. The molecule has 3 heterocycles. The van der Waals surface area contributed by atoms with Gasteiger partial charge in [0.15, 0.2) is 5.82 Å². The lowest BCUT2D eigenvalue weighted by Crippen LogP contribution is -2.41. The highest BCUT2D eigenvalue weighted by molar-refractivity contribution is 5.77. The predicted octanol–water partition coefficient (Wildman–Crippen LogP) is 2.94. The van der Waals surface area contributed by atoms with Gasteiger partial charge in [0.2, 0.25) is 11.8 Å². The summed E-state index contributed by atoms with van der Waals surface area (Å²) in [5, 5.41) is 3.90. The summed E-state index contributed by atoms with van der Waals surface area (Å²) >= 11 is 0. The molecule has 6 heteroatoms. The lowest BCUT2D eigenvalue weighted by molar-refractivity contribution is -0.137. The van der Waals surface area contributed by atoms with Crippen molar-refractivity contribution in [2.75, 3.05) is 26.2 Å². The number of hydrogen-bond donors (Lipinski definition) is 0. The molecule has 134 valence electrons. The SMILES string of the molecule is CCCN1CCC(CC(=O)N2CCCC[C@@H]2c2nc(C)no2)CC1. The fourth-order valence-corrected chi connectivity index (χ4v) is 4.03. The lowest BCUT2D eigenvalue weighted by atomic mass is 9.91. The van der Waals surface area contributed by atoms with Gasteiger partial charge in [-0.15, -0.1) is 0 Å². The Bertz CT molecular complexity index is 537. The van der Waals surface area contributed by atoms with E-state index in [2.05, 4.69) is 22.0 Å². The van der Waals surface area contributed by atoms with Crippen molar-refractivity contribution in [2.45, 2.75) is 64.8 Å². The molecule has 0 saturated carbocycles. The molecule has 2 aliphatic heterocycles. The molecule has 6 nitrogen and oxygen atoms in total. The number of carbonyl (C=O) groups is 1. The van der Waals surface area contributed by atoms with Crippen molar-refractivity contribution >= 4 is 5.91 Å². The Morgan fingerprint density at radius 3 is 2.67 bits per heavy atom. The van der Waals surface area contributed by atoms with Gasteiger partial charge in [0.1, 0.15) is 6.04 Å². The van der Waals surface area contributed by atoms with Crippen LogP contribution in [0.1, 0.15) is 69.6 Å². The van der Waals surface area contributed by atoms with Crippen molar-refractivity contribution in [3.8, 4) is 0 Å². The number of likely N-dealkylation sites (tertiary alicyclic amines) is 2. The quantitative estimate of drug-likeness (QED) is 0.828. The highest BCUT2D eigenvalue weighted by atomic mass is 16.5. The number of aromatic nitrogens is 2. The molecule has 1 aromatic heterocycles. The average Bonchev–Trinajstić information content (AvgIpc) is 3.03. The highest BCUT2D eigenvalue weighted by Gasteiger charge is 2.33. The third kappa shape index (κ3) is 4.15. The minimum atomic E-state index is -0.0207. The zero-order chi connectivity index (χ0) is 16.9. The molecule has 2 fully saturated rings. The van der Waals surface area contributed by atoms with E-state index in [1.807, 2.05) is 11.8 Å². The summed E-state index contributed by atoms with van der Waals surface area (Å²) in [5.74, 6) is 2.05. The first-order chi connectivity index (χ1) is 11.7. The van der Waals surface area contributed by atoms with Crippen LogP contribution in [0.4, 0.5) is 0 Å². The van der Waals surface area contributed by atoms with Gasteiger partial charge in [0.25, 0.3) is 0 Å². The first kappa shape index (κ1) is 17.4. The Morgan fingerprint density at radius 1 is 1.21 bits per heavy atom. The third-order valence-corrected chi connectivity index (χ3v) is 5.36. The van der Waals surface area contributed by atoms with Crippen LogP contribution >= 0.6 is 0 Å². The highest BCUT2D eigenvalue weighted by Crippen LogP contribution is 2.32. The molecule has 1 amide bonds. The molecule has 0 spiro atoms. The maximum atomic E-state index is 12.9. The van der Waals surface area contributed by atoms with E-state index in [1.54, 1.807) is 0 Å². The Kier molecular flexibility index (Phi) is 5.87. The van der Waals surface area contributed by atoms with E-state index < -0.39 is 0 Å². The molecular weight excluding hydrogens is 304 g/mol. The summed E-state index contributed by atoms with van der Waals surface area (Å²) < 4.78 is 5.35. The van der Waals surface area contributed by atoms with Gasteiger partial charge in [0, 0.05) is 13.0 Å².